The molecule has 1 heterocycles. The highest BCUT2D eigenvalue weighted by Crippen LogP contribution is 2.21. The van der Waals surface area contributed by atoms with E-state index < -0.39 is 0 Å². The van der Waals surface area contributed by atoms with E-state index in [-0.39, 0.29) is 41.4 Å². The number of nitrogens with zero attached hydrogens (tertiary/aromatic N) is 1. The fourth-order valence-corrected chi connectivity index (χ4v) is 3.47. The Balaban J connectivity index is 0.00000341. The molecule has 0 aromatic heterocycles. The monoisotopic (exact) mass is 536 g/mol. The number of benzene rings is 2. The van der Waals surface area contributed by atoms with Crippen molar-refractivity contribution in [1.29, 1.82) is 0 Å². The Morgan fingerprint density at radius 3 is 2.58 bits per heavy atom. The lowest BCUT2D eigenvalue weighted by Gasteiger charge is -2.26. The van der Waals surface area contributed by atoms with E-state index in [1.54, 1.807) is 7.05 Å². The highest BCUT2D eigenvalue weighted by molar-refractivity contribution is 14.0. The number of rotatable bonds is 7. The van der Waals surface area contributed by atoms with Gasteiger partial charge in [0, 0.05) is 37.8 Å². The number of halogens is 1. The molecule has 168 valence electrons. The molecule has 3 N–H and O–H groups in total. The van der Waals surface area contributed by atoms with Gasteiger partial charge in [0.25, 0.3) is 5.91 Å². The molecule has 0 saturated carbocycles. The van der Waals surface area contributed by atoms with E-state index in [4.69, 9.17) is 4.74 Å². The predicted molar refractivity (Wildman–Crippen MR) is 137 cm³/mol. The van der Waals surface area contributed by atoms with Crippen LogP contribution >= 0.6 is 24.0 Å². The maximum absolute atomic E-state index is 12.3. The van der Waals surface area contributed by atoms with Crippen molar-refractivity contribution in [3.05, 3.63) is 65.7 Å². The second kappa shape index (κ2) is 12.0. The van der Waals surface area contributed by atoms with Gasteiger partial charge in [-0.1, -0.05) is 56.3 Å². The van der Waals surface area contributed by atoms with E-state index in [1.807, 2.05) is 30.3 Å². The molecule has 1 saturated heterocycles. The number of anilines is 1. The largest absolute Gasteiger partial charge is 0.368 e. The summed E-state index contributed by atoms with van der Waals surface area (Å²) in [7, 11) is 1.77. The quantitative estimate of drug-likeness (QED) is 0.284. The van der Waals surface area contributed by atoms with Gasteiger partial charge in [0.15, 0.2) is 5.96 Å². The first kappa shape index (κ1) is 25.1. The van der Waals surface area contributed by atoms with Gasteiger partial charge < -0.3 is 20.7 Å². The topological polar surface area (TPSA) is 74.8 Å². The summed E-state index contributed by atoms with van der Waals surface area (Å²) in [5.41, 5.74) is 3.10. The van der Waals surface area contributed by atoms with Crippen LogP contribution < -0.4 is 16.0 Å². The molecule has 6 nitrogen and oxygen atoms in total. The number of aliphatic imine (C=N–C) groups is 1. The number of carbonyl (C=O) groups is 1. The van der Waals surface area contributed by atoms with Crippen LogP contribution in [0.5, 0.6) is 0 Å². The molecule has 1 amide bonds. The minimum atomic E-state index is -0.331. The summed E-state index contributed by atoms with van der Waals surface area (Å²) in [4.78, 5) is 16.6. The van der Waals surface area contributed by atoms with E-state index in [2.05, 4.69) is 59.1 Å². The summed E-state index contributed by atoms with van der Waals surface area (Å²) in [5, 5.41) is 9.71. The maximum Gasteiger partial charge on any atom is 0.253 e. The van der Waals surface area contributed by atoms with Gasteiger partial charge >= 0.3 is 0 Å². The van der Waals surface area contributed by atoms with Gasteiger partial charge in [-0.2, -0.15) is 0 Å². The molecule has 1 aliphatic rings. The van der Waals surface area contributed by atoms with Crippen molar-refractivity contribution in [2.45, 2.75) is 44.8 Å². The van der Waals surface area contributed by atoms with Crippen LogP contribution in [0, 0.1) is 0 Å². The van der Waals surface area contributed by atoms with Gasteiger partial charge in [0.1, 0.15) is 6.10 Å². The number of hydrogen-bond acceptors (Lipinski definition) is 3. The van der Waals surface area contributed by atoms with Crippen LogP contribution in [0.3, 0.4) is 0 Å². The number of amides is 1. The summed E-state index contributed by atoms with van der Waals surface area (Å²) < 4.78 is 5.45. The van der Waals surface area contributed by atoms with Gasteiger partial charge in [-0.25, -0.2) is 0 Å². The molecule has 1 atom stereocenters. The average Bonchev–Trinajstić information content (AvgIpc) is 3.30. The zero-order chi connectivity index (χ0) is 21.4. The lowest BCUT2D eigenvalue weighted by Crippen LogP contribution is -2.43. The fraction of sp³-hybridized carbons (Fsp3) is 0.417. The van der Waals surface area contributed by atoms with E-state index >= 15 is 0 Å². The van der Waals surface area contributed by atoms with Crippen molar-refractivity contribution in [2.24, 2.45) is 4.99 Å². The van der Waals surface area contributed by atoms with Gasteiger partial charge in [0.05, 0.1) is 0 Å². The number of nitrogens with one attached hydrogen (secondary N) is 3. The van der Waals surface area contributed by atoms with Crippen LogP contribution in [0.25, 0.3) is 0 Å². The Kier molecular flexibility index (Phi) is 9.77. The van der Waals surface area contributed by atoms with Crippen molar-refractivity contribution >= 4 is 41.5 Å². The molecule has 0 aliphatic carbocycles. The van der Waals surface area contributed by atoms with Crippen LogP contribution in [0.4, 0.5) is 5.69 Å². The van der Waals surface area contributed by atoms with Crippen LogP contribution in [0.1, 0.15) is 37.8 Å². The molecular formula is C24H33IN4O2. The zero-order valence-corrected chi connectivity index (χ0v) is 20.8. The first-order valence-corrected chi connectivity index (χ1v) is 10.5. The number of hydrogen-bond donors (Lipinski definition) is 3. The highest BCUT2D eigenvalue weighted by Gasteiger charge is 2.23. The summed E-state index contributed by atoms with van der Waals surface area (Å²) in [6.07, 6.45) is 1.40. The van der Waals surface area contributed by atoms with Crippen molar-refractivity contribution in [1.82, 2.24) is 10.6 Å². The molecule has 1 fully saturated rings. The second-order valence-corrected chi connectivity index (χ2v) is 8.22. The summed E-state index contributed by atoms with van der Waals surface area (Å²) >= 11 is 0. The second-order valence-electron chi connectivity index (χ2n) is 8.22. The average molecular weight is 536 g/mol. The lowest BCUT2D eigenvalue weighted by molar-refractivity contribution is -0.124. The molecule has 7 heteroatoms. The minimum Gasteiger partial charge on any atom is -0.368 e. The summed E-state index contributed by atoms with van der Waals surface area (Å²) in [6, 6.07) is 18.3. The van der Waals surface area contributed by atoms with Crippen molar-refractivity contribution in [3.63, 3.8) is 0 Å². The van der Waals surface area contributed by atoms with Crippen LogP contribution in [0.2, 0.25) is 0 Å². The smallest absolute Gasteiger partial charge is 0.253 e. The standard InChI is InChI=1S/C24H32N4O2.HI/c1-24(2,19-10-5-4-6-11-19)17-27-23(25-3)26-16-18-9-7-12-20(15-18)28-22(29)21-13-8-14-30-21;/h4-7,9-12,15,21H,8,13-14,16-17H2,1-3H3,(H,28,29)(H2,25,26,27);1H. The molecule has 0 spiro atoms. The molecule has 2 aromatic rings. The third kappa shape index (κ3) is 7.50. The Bertz CT molecular complexity index is 865. The maximum atomic E-state index is 12.3. The molecule has 0 radical (unpaired) electrons. The summed E-state index contributed by atoms with van der Waals surface area (Å²) in [5.74, 6) is 0.672. The number of carbonyl (C=O) groups excluding carboxylic acids is 1. The minimum absolute atomic E-state index is 0. The first-order valence-electron chi connectivity index (χ1n) is 10.5. The number of ether oxygens (including phenoxy) is 1. The Hall–Kier alpha value is -2.13. The van der Waals surface area contributed by atoms with Crippen molar-refractivity contribution < 1.29 is 9.53 Å². The van der Waals surface area contributed by atoms with Crippen LogP contribution in [-0.2, 0) is 21.5 Å². The van der Waals surface area contributed by atoms with Gasteiger partial charge in [-0.15, -0.1) is 24.0 Å². The predicted octanol–water partition coefficient (Wildman–Crippen LogP) is 4.06. The number of guanidine groups is 1. The molecule has 31 heavy (non-hydrogen) atoms. The fourth-order valence-electron chi connectivity index (χ4n) is 3.47. The SMILES string of the molecule is CN=C(NCc1cccc(NC(=O)C2CCCO2)c1)NCC(C)(C)c1ccccc1.I. The highest BCUT2D eigenvalue weighted by atomic mass is 127. The Morgan fingerprint density at radius 1 is 1.13 bits per heavy atom. The molecule has 1 unspecified atom stereocenters. The van der Waals surface area contributed by atoms with E-state index in [1.165, 1.54) is 5.56 Å². The Morgan fingerprint density at radius 2 is 1.90 bits per heavy atom. The Labute approximate surface area is 202 Å². The lowest BCUT2D eigenvalue weighted by atomic mass is 9.85. The van der Waals surface area contributed by atoms with Crippen molar-refractivity contribution in [3.8, 4) is 0 Å². The van der Waals surface area contributed by atoms with Gasteiger partial charge in [-0.3, -0.25) is 9.79 Å². The molecule has 1 aliphatic heterocycles. The van der Waals surface area contributed by atoms with Crippen LogP contribution in [-0.4, -0.2) is 38.2 Å². The van der Waals surface area contributed by atoms with Gasteiger partial charge in [0.2, 0.25) is 0 Å². The summed E-state index contributed by atoms with van der Waals surface area (Å²) in [6.45, 7) is 6.45. The zero-order valence-electron chi connectivity index (χ0n) is 18.5. The molecule has 0 bridgehead atoms. The van der Waals surface area contributed by atoms with Crippen molar-refractivity contribution in [2.75, 3.05) is 25.5 Å². The molecule has 2 aromatic carbocycles. The first-order chi connectivity index (χ1) is 14.5. The van der Waals surface area contributed by atoms with E-state index in [9.17, 15) is 4.79 Å². The van der Waals surface area contributed by atoms with Gasteiger partial charge in [-0.05, 0) is 36.1 Å². The van der Waals surface area contributed by atoms with E-state index in [0.29, 0.717) is 13.2 Å². The molecular weight excluding hydrogens is 503 g/mol. The third-order valence-electron chi connectivity index (χ3n) is 5.35. The molecule has 3 rings (SSSR count). The third-order valence-corrected chi connectivity index (χ3v) is 5.35. The normalized spacial score (nSPS) is 16.4. The van der Waals surface area contributed by atoms with E-state index in [0.717, 1.165) is 36.6 Å². The van der Waals surface area contributed by atoms with Crippen LogP contribution in [0.15, 0.2) is 59.6 Å².